The Balaban J connectivity index is 2.18. The van der Waals surface area contributed by atoms with Crippen molar-refractivity contribution >= 4 is 17.3 Å². The van der Waals surface area contributed by atoms with Crippen LogP contribution in [0.15, 0.2) is 18.2 Å². The van der Waals surface area contributed by atoms with Crippen LogP contribution in [-0.4, -0.2) is 58.9 Å². The van der Waals surface area contributed by atoms with Gasteiger partial charge in [0.25, 0.3) is 17.3 Å². The molecule has 0 aliphatic carbocycles. The van der Waals surface area contributed by atoms with E-state index >= 15 is 0 Å². The van der Waals surface area contributed by atoms with Gasteiger partial charge in [-0.3, -0.25) is 30.4 Å². The van der Waals surface area contributed by atoms with Gasteiger partial charge in [-0.1, -0.05) is 0 Å². The van der Waals surface area contributed by atoms with E-state index in [0.717, 1.165) is 31.3 Å². The molecule has 22 heavy (non-hydrogen) atoms. The van der Waals surface area contributed by atoms with Crippen molar-refractivity contribution in [1.82, 2.24) is 15.3 Å². The first kappa shape index (κ1) is 15.8. The Kier molecular flexibility index (Phi) is 4.63. The number of amides is 1. The molecule has 1 heterocycles. The standard InChI is InChI=1S/C12H15N5O5/c1-14-4-6-15(7-5-14)13-12(18)10-3-2-9(16(19)20)8-11(10)17(21)22/h2-3,8H,4-7H2,1H3,(H,13,18). The van der Waals surface area contributed by atoms with E-state index in [1.54, 1.807) is 5.01 Å². The Bertz CT molecular complexity index is 612. The lowest BCUT2D eigenvalue weighted by Gasteiger charge is -2.32. The summed E-state index contributed by atoms with van der Waals surface area (Å²) in [6, 6.07) is 2.96. The van der Waals surface area contributed by atoms with Crippen molar-refractivity contribution in [2.75, 3.05) is 33.2 Å². The minimum Gasteiger partial charge on any atom is -0.304 e. The van der Waals surface area contributed by atoms with Crippen molar-refractivity contribution in [3.8, 4) is 0 Å². The number of nitro groups is 2. The van der Waals surface area contributed by atoms with Crippen molar-refractivity contribution in [3.63, 3.8) is 0 Å². The number of hydrazine groups is 1. The van der Waals surface area contributed by atoms with Gasteiger partial charge in [0.1, 0.15) is 5.56 Å². The highest BCUT2D eigenvalue weighted by molar-refractivity contribution is 5.98. The number of carbonyl (C=O) groups is 1. The first-order valence-corrected chi connectivity index (χ1v) is 6.56. The molecule has 1 aromatic rings. The molecule has 0 aromatic heterocycles. The maximum atomic E-state index is 12.2. The Morgan fingerprint density at radius 1 is 1.14 bits per heavy atom. The molecule has 1 aliphatic rings. The smallest absolute Gasteiger partial charge is 0.289 e. The van der Waals surface area contributed by atoms with Gasteiger partial charge in [0.2, 0.25) is 0 Å². The summed E-state index contributed by atoms with van der Waals surface area (Å²) < 4.78 is 0. The number of piperazine rings is 1. The molecule has 1 N–H and O–H groups in total. The molecule has 0 bridgehead atoms. The van der Waals surface area contributed by atoms with Gasteiger partial charge < -0.3 is 4.90 Å². The SMILES string of the molecule is CN1CCN(NC(=O)c2ccc([N+](=O)[O-])cc2[N+](=O)[O-])CC1. The fourth-order valence-electron chi connectivity index (χ4n) is 2.10. The normalized spacial score (nSPS) is 16.2. The third-order valence-electron chi connectivity index (χ3n) is 3.40. The van der Waals surface area contributed by atoms with Crippen LogP contribution >= 0.6 is 0 Å². The molecular weight excluding hydrogens is 294 g/mol. The molecule has 1 aliphatic heterocycles. The van der Waals surface area contributed by atoms with Crippen molar-refractivity contribution in [3.05, 3.63) is 44.0 Å². The Hall–Kier alpha value is -2.59. The van der Waals surface area contributed by atoms with E-state index in [1.165, 1.54) is 0 Å². The van der Waals surface area contributed by atoms with Crippen LogP contribution in [0.2, 0.25) is 0 Å². The highest BCUT2D eigenvalue weighted by Gasteiger charge is 2.25. The van der Waals surface area contributed by atoms with Crippen LogP contribution in [0.25, 0.3) is 0 Å². The number of carbonyl (C=O) groups excluding carboxylic acids is 1. The quantitative estimate of drug-likeness (QED) is 0.630. The molecule has 1 aromatic carbocycles. The monoisotopic (exact) mass is 309 g/mol. The van der Waals surface area contributed by atoms with E-state index in [4.69, 9.17) is 0 Å². The van der Waals surface area contributed by atoms with Gasteiger partial charge in [0.05, 0.1) is 15.9 Å². The summed E-state index contributed by atoms with van der Waals surface area (Å²) >= 11 is 0. The summed E-state index contributed by atoms with van der Waals surface area (Å²) in [6.45, 7) is 2.73. The average Bonchev–Trinajstić information content (AvgIpc) is 2.48. The van der Waals surface area contributed by atoms with E-state index in [9.17, 15) is 25.0 Å². The van der Waals surface area contributed by atoms with Gasteiger partial charge in [-0.2, -0.15) is 0 Å². The highest BCUT2D eigenvalue weighted by Crippen LogP contribution is 2.24. The molecular formula is C12H15N5O5. The number of nitro benzene ring substituents is 2. The maximum Gasteiger partial charge on any atom is 0.289 e. The summed E-state index contributed by atoms with van der Waals surface area (Å²) in [4.78, 5) is 34.4. The number of non-ortho nitro benzene ring substituents is 1. The topological polar surface area (TPSA) is 122 Å². The molecule has 0 unspecified atom stereocenters. The average molecular weight is 309 g/mol. The summed E-state index contributed by atoms with van der Waals surface area (Å²) in [6.07, 6.45) is 0. The minimum absolute atomic E-state index is 0.200. The number of nitrogens with one attached hydrogen (secondary N) is 1. The van der Waals surface area contributed by atoms with Crippen LogP contribution < -0.4 is 5.43 Å². The van der Waals surface area contributed by atoms with E-state index in [0.29, 0.717) is 13.1 Å². The largest absolute Gasteiger partial charge is 0.304 e. The number of hydrogen-bond donors (Lipinski definition) is 1. The molecule has 10 nitrogen and oxygen atoms in total. The summed E-state index contributed by atoms with van der Waals surface area (Å²) in [7, 11) is 1.96. The van der Waals surface area contributed by atoms with Crippen LogP contribution in [-0.2, 0) is 0 Å². The second-order valence-electron chi connectivity index (χ2n) is 4.95. The predicted molar refractivity (Wildman–Crippen MR) is 76.3 cm³/mol. The van der Waals surface area contributed by atoms with Gasteiger partial charge >= 0.3 is 0 Å². The van der Waals surface area contributed by atoms with Crippen LogP contribution in [0.1, 0.15) is 10.4 Å². The molecule has 0 spiro atoms. The zero-order valence-electron chi connectivity index (χ0n) is 11.9. The molecule has 0 radical (unpaired) electrons. The molecule has 1 fully saturated rings. The van der Waals surface area contributed by atoms with Crippen molar-refractivity contribution < 1.29 is 14.6 Å². The third-order valence-corrected chi connectivity index (χ3v) is 3.40. The van der Waals surface area contributed by atoms with E-state index in [1.807, 2.05) is 7.05 Å². The van der Waals surface area contributed by atoms with Crippen LogP contribution in [0.5, 0.6) is 0 Å². The Morgan fingerprint density at radius 2 is 1.77 bits per heavy atom. The first-order chi connectivity index (χ1) is 10.4. The van der Waals surface area contributed by atoms with Crippen LogP contribution in [0.3, 0.4) is 0 Å². The fraction of sp³-hybridized carbons (Fsp3) is 0.417. The molecule has 118 valence electrons. The van der Waals surface area contributed by atoms with Crippen LogP contribution in [0.4, 0.5) is 11.4 Å². The second-order valence-corrected chi connectivity index (χ2v) is 4.95. The highest BCUT2D eigenvalue weighted by atomic mass is 16.6. The van der Waals surface area contributed by atoms with E-state index in [2.05, 4.69) is 10.3 Å². The first-order valence-electron chi connectivity index (χ1n) is 6.56. The number of likely N-dealkylation sites (N-methyl/N-ethyl adjacent to an activating group) is 1. The van der Waals surface area contributed by atoms with Crippen molar-refractivity contribution in [1.29, 1.82) is 0 Å². The number of benzene rings is 1. The molecule has 10 heteroatoms. The van der Waals surface area contributed by atoms with Gasteiger partial charge in [-0.05, 0) is 13.1 Å². The summed E-state index contributed by atoms with van der Waals surface area (Å²) in [5.41, 5.74) is 1.38. The van der Waals surface area contributed by atoms with Crippen molar-refractivity contribution in [2.45, 2.75) is 0 Å². The Labute approximate surface area is 125 Å². The van der Waals surface area contributed by atoms with Gasteiger partial charge in [0.15, 0.2) is 0 Å². The fourth-order valence-corrected chi connectivity index (χ4v) is 2.10. The number of hydrogen-bond acceptors (Lipinski definition) is 7. The van der Waals surface area contributed by atoms with Gasteiger partial charge in [-0.25, -0.2) is 5.01 Å². The molecule has 0 atom stereocenters. The van der Waals surface area contributed by atoms with E-state index < -0.39 is 27.1 Å². The van der Waals surface area contributed by atoms with Crippen LogP contribution in [0, 0.1) is 20.2 Å². The third kappa shape index (κ3) is 3.54. The molecule has 1 saturated heterocycles. The molecule has 2 rings (SSSR count). The molecule has 0 saturated carbocycles. The summed E-state index contributed by atoms with van der Waals surface area (Å²) in [5.74, 6) is -0.647. The lowest BCUT2D eigenvalue weighted by atomic mass is 10.1. The number of nitrogens with zero attached hydrogens (tertiary/aromatic N) is 4. The molecule has 1 amide bonds. The lowest BCUT2D eigenvalue weighted by molar-refractivity contribution is -0.394. The minimum atomic E-state index is -0.800. The van der Waals surface area contributed by atoms with E-state index in [-0.39, 0.29) is 5.56 Å². The second kappa shape index (κ2) is 6.45. The predicted octanol–water partition coefficient (Wildman–Crippen LogP) is 0.395. The van der Waals surface area contributed by atoms with Gasteiger partial charge in [0, 0.05) is 32.2 Å². The zero-order chi connectivity index (χ0) is 16.3. The summed E-state index contributed by atoms with van der Waals surface area (Å²) in [5, 5.41) is 23.4. The maximum absolute atomic E-state index is 12.2. The van der Waals surface area contributed by atoms with Gasteiger partial charge in [-0.15, -0.1) is 0 Å². The number of rotatable bonds is 4. The van der Waals surface area contributed by atoms with Crippen molar-refractivity contribution in [2.24, 2.45) is 0 Å². The Morgan fingerprint density at radius 3 is 2.32 bits per heavy atom. The zero-order valence-corrected chi connectivity index (χ0v) is 11.9. The lowest BCUT2D eigenvalue weighted by Crippen LogP contribution is -2.52.